The number of aliphatic carboxylic acids is 2. The van der Waals surface area contributed by atoms with Crippen LogP contribution in [0.5, 0.6) is 0 Å². The van der Waals surface area contributed by atoms with Gasteiger partial charge < -0.3 is 43.4 Å². The maximum atomic E-state index is 12.4. The Kier molecular flexibility index (Phi) is 13.0. The van der Waals surface area contributed by atoms with E-state index in [1.165, 1.54) is 0 Å². The Bertz CT molecular complexity index is 708. The molecule has 3 unspecified atom stereocenters. The molecule has 0 fully saturated rings. The van der Waals surface area contributed by atoms with Gasteiger partial charge >= 0.3 is 11.9 Å². The van der Waals surface area contributed by atoms with Gasteiger partial charge in [-0.3, -0.25) is 24.2 Å². The van der Waals surface area contributed by atoms with Crippen molar-refractivity contribution in [3.05, 3.63) is 0 Å². The molecule has 0 heterocycles. The van der Waals surface area contributed by atoms with Crippen molar-refractivity contribution in [1.82, 2.24) is 16.0 Å². The van der Waals surface area contributed by atoms with Crippen LogP contribution >= 0.6 is 0 Å². The summed E-state index contributed by atoms with van der Waals surface area (Å²) in [5.74, 6) is -5.21. The topological polar surface area (TPSA) is 252 Å². The van der Waals surface area contributed by atoms with Crippen molar-refractivity contribution >= 4 is 35.6 Å². The summed E-state index contributed by atoms with van der Waals surface area (Å²) < 4.78 is 0. The molecule has 0 aromatic rings. The highest BCUT2D eigenvalue weighted by molar-refractivity contribution is 5.92. The van der Waals surface area contributed by atoms with Crippen molar-refractivity contribution in [1.29, 1.82) is 0 Å². The second-order valence-corrected chi connectivity index (χ2v) is 7.39. The average molecular weight is 460 g/mol. The van der Waals surface area contributed by atoms with Crippen LogP contribution in [0.2, 0.25) is 0 Å². The number of carbonyl (C=O) groups excluding carboxylic acids is 3. The summed E-state index contributed by atoms with van der Waals surface area (Å²) in [7, 11) is 0. The predicted molar refractivity (Wildman–Crippen MR) is 114 cm³/mol. The highest BCUT2D eigenvalue weighted by Gasteiger charge is 2.29. The first-order valence-corrected chi connectivity index (χ1v) is 9.98. The van der Waals surface area contributed by atoms with Crippen LogP contribution in [0.15, 0.2) is 4.99 Å². The lowest BCUT2D eigenvalue weighted by Gasteiger charge is -2.23. The molecule has 0 rings (SSSR count). The summed E-state index contributed by atoms with van der Waals surface area (Å²) in [6.07, 6.45) is -0.00320. The molecule has 0 aromatic carbocycles. The van der Waals surface area contributed by atoms with Crippen LogP contribution < -0.4 is 33.2 Å². The maximum absolute atomic E-state index is 12.4. The summed E-state index contributed by atoms with van der Waals surface area (Å²) in [4.78, 5) is 62.5. The van der Waals surface area contributed by atoms with Gasteiger partial charge in [0.25, 0.3) is 0 Å². The number of amides is 3. The van der Waals surface area contributed by atoms with Gasteiger partial charge in [-0.15, -0.1) is 0 Å². The molecule has 32 heavy (non-hydrogen) atoms. The molecule has 0 saturated carbocycles. The molecule has 0 aliphatic heterocycles. The molecule has 14 heteroatoms. The SMILES string of the molecule is CC(C)C(NC(=O)C(CCC(=O)O)NC(=O)CNC(=O)C(N)CCCN=C(N)N)C(=O)O. The number of aliphatic imine (C=N–C) groups is 1. The number of carbonyl (C=O) groups is 5. The van der Waals surface area contributed by atoms with E-state index in [-0.39, 0.29) is 25.3 Å². The molecule has 14 nitrogen and oxygen atoms in total. The number of guanidine groups is 1. The van der Waals surface area contributed by atoms with Crippen LogP contribution in [0.25, 0.3) is 0 Å². The smallest absolute Gasteiger partial charge is 0.326 e. The molecule has 0 spiro atoms. The lowest BCUT2D eigenvalue weighted by Crippen LogP contribution is -2.54. The molecule has 182 valence electrons. The molecular formula is C18H33N7O7. The molecule has 0 radical (unpaired) electrons. The van der Waals surface area contributed by atoms with Gasteiger partial charge in [0.15, 0.2) is 5.96 Å². The minimum atomic E-state index is -1.30. The third kappa shape index (κ3) is 12.3. The monoisotopic (exact) mass is 459 g/mol. The summed E-state index contributed by atoms with van der Waals surface area (Å²) in [5.41, 5.74) is 16.1. The normalized spacial score (nSPS) is 13.4. The number of nitrogens with one attached hydrogen (secondary N) is 3. The highest BCUT2D eigenvalue weighted by Crippen LogP contribution is 2.05. The Balaban J connectivity index is 4.81. The van der Waals surface area contributed by atoms with E-state index in [1.807, 2.05) is 0 Å². The Morgan fingerprint density at radius 1 is 0.969 bits per heavy atom. The maximum Gasteiger partial charge on any atom is 0.326 e. The molecular weight excluding hydrogens is 426 g/mol. The van der Waals surface area contributed by atoms with Gasteiger partial charge in [0.1, 0.15) is 12.1 Å². The van der Waals surface area contributed by atoms with E-state index in [0.717, 1.165) is 0 Å². The molecule has 3 amide bonds. The first kappa shape index (κ1) is 28.6. The van der Waals surface area contributed by atoms with E-state index < -0.39 is 66.7 Å². The molecule has 3 atom stereocenters. The highest BCUT2D eigenvalue weighted by atomic mass is 16.4. The van der Waals surface area contributed by atoms with Crippen molar-refractivity contribution < 1.29 is 34.2 Å². The van der Waals surface area contributed by atoms with E-state index in [9.17, 15) is 29.1 Å². The van der Waals surface area contributed by atoms with Gasteiger partial charge in [0.2, 0.25) is 17.7 Å². The largest absolute Gasteiger partial charge is 0.481 e. The van der Waals surface area contributed by atoms with Gasteiger partial charge in [-0.2, -0.15) is 0 Å². The fourth-order valence-corrected chi connectivity index (χ4v) is 2.50. The van der Waals surface area contributed by atoms with Gasteiger partial charge in [0, 0.05) is 13.0 Å². The Hall–Kier alpha value is -3.42. The zero-order valence-electron chi connectivity index (χ0n) is 18.2. The lowest BCUT2D eigenvalue weighted by molar-refractivity contribution is -0.144. The number of nitrogens with zero attached hydrogens (tertiary/aromatic N) is 1. The van der Waals surface area contributed by atoms with Crippen molar-refractivity contribution in [2.24, 2.45) is 28.1 Å². The van der Waals surface area contributed by atoms with Gasteiger partial charge in [-0.25, -0.2) is 4.79 Å². The van der Waals surface area contributed by atoms with Crippen molar-refractivity contribution in [2.45, 2.75) is 57.7 Å². The average Bonchev–Trinajstić information content (AvgIpc) is 2.69. The lowest BCUT2D eigenvalue weighted by atomic mass is 10.0. The van der Waals surface area contributed by atoms with Crippen LogP contribution in [0.4, 0.5) is 0 Å². The second-order valence-electron chi connectivity index (χ2n) is 7.39. The third-order valence-electron chi connectivity index (χ3n) is 4.26. The van der Waals surface area contributed by atoms with Crippen LogP contribution in [0, 0.1) is 5.92 Å². The minimum Gasteiger partial charge on any atom is -0.481 e. The van der Waals surface area contributed by atoms with Crippen LogP contribution in [0.1, 0.15) is 39.5 Å². The molecule has 0 aromatic heterocycles. The number of hydrogen-bond donors (Lipinski definition) is 8. The molecule has 0 aliphatic rings. The van der Waals surface area contributed by atoms with Crippen LogP contribution in [-0.2, 0) is 24.0 Å². The molecule has 0 aliphatic carbocycles. The van der Waals surface area contributed by atoms with E-state index in [0.29, 0.717) is 6.42 Å². The molecule has 0 bridgehead atoms. The standard InChI is InChI=1S/C18H33N7O7/c1-9(2)14(17(31)32)25-16(30)11(5-6-13(27)28)24-12(26)8-23-15(29)10(19)4-3-7-22-18(20)21/h9-11,14H,3-8,19H2,1-2H3,(H,23,29)(H,24,26)(H,25,30)(H,27,28)(H,31,32)(H4,20,21,22). The van der Waals surface area contributed by atoms with Gasteiger partial charge in [-0.05, 0) is 25.2 Å². The number of rotatable bonds is 15. The van der Waals surface area contributed by atoms with Crippen LogP contribution in [0.3, 0.4) is 0 Å². The van der Waals surface area contributed by atoms with Gasteiger partial charge in [-0.1, -0.05) is 13.8 Å². The Labute approximate surface area is 185 Å². The van der Waals surface area contributed by atoms with Crippen LogP contribution in [-0.4, -0.2) is 77.0 Å². The Morgan fingerprint density at radius 2 is 1.59 bits per heavy atom. The van der Waals surface area contributed by atoms with E-state index >= 15 is 0 Å². The van der Waals surface area contributed by atoms with Crippen molar-refractivity contribution in [3.8, 4) is 0 Å². The Morgan fingerprint density at radius 3 is 2.09 bits per heavy atom. The van der Waals surface area contributed by atoms with E-state index in [4.69, 9.17) is 22.3 Å². The number of hydrogen-bond acceptors (Lipinski definition) is 7. The summed E-state index contributed by atoms with van der Waals surface area (Å²) in [5, 5.41) is 25.0. The quantitative estimate of drug-likeness (QED) is 0.0702. The number of carboxylic acids is 2. The first-order chi connectivity index (χ1) is 14.8. The number of nitrogens with two attached hydrogens (primary N) is 3. The zero-order chi connectivity index (χ0) is 24.8. The zero-order valence-corrected chi connectivity index (χ0v) is 18.2. The third-order valence-corrected chi connectivity index (χ3v) is 4.26. The van der Waals surface area contributed by atoms with Gasteiger partial charge in [0.05, 0.1) is 12.6 Å². The summed E-state index contributed by atoms with van der Waals surface area (Å²) in [6.45, 7) is 2.95. The number of carboxylic acid groups (broad SMARTS) is 2. The fourth-order valence-electron chi connectivity index (χ4n) is 2.50. The summed E-state index contributed by atoms with van der Waals surface area (Å²) in [6, 6.07) is -3.43. The predicted octanol–water partition coefficient (Wildman–Crippen LogP) is -2.94. The van der Waals surface area contributed by atoms with E-state index in [1.54, 1.807) is 13.8 Å². The van der Waals surface area contributed by atoms with Crippen molar-refractivity contribution in [3.63, 3.8) is 0 Å². The second kappa shape index (κ2) is 14.6. The summed E-state index contributed by atoms with van der Waals surface area (Å²) >= 11 is 0. The first-order valence-electron chi connectivity index (χ1n) is 9.98. The fraction of sp³-hybridized carbons (Fsp3) is 0.667. The van der Waals surface area contributed by atoms with Crippen molar-refractivity contribution in [2.75, 3.05) is 13.1 Å². The minimum absolute atomic E-state index is 0.0794. The van der Waals surface area contributed by atoms with E-state index in [2.05, 4.69) is 20.9 Å². The molecule has 11 N–H and O–H groups in total. The molecule has 0 saturated heterocycles.